The summed E-state index contributed by atoms with van der Waals surface area (Å²) in [5, 5.41) is 8.66. The van der Waals surface area contributed by atoms with Gasteiger partial charge in [0.2, 0.25) is 10.0 Å². The van der Waals surface area contributed by atoms with Crippen LogP contribution in [0.25, 0.3) is 0 Å². The van der Waals surface area contributed by atoms with Crippen molar-refractivity contribution in [1.29, 1.82) is 0 Å². The average molecular weight is 299 g/mol. The molecule has 0 spiro atoms. The van der Waals surface area contributed by atoms with Crippen molar-refractivity contribution in [3.05, 3.63) is 29.8 Å². The fourth-order valence-corrected chi connectivity index (χ4v) is 3.02. The van der Waals surface area contributed by atoms with Gasteiger partial charge in [-0.05, 0) is 37.5 Å². The van der Waals surface area contributed by atoms with E-state index in [4.69, 9.17) is 5.11 Å². The molecule has 112 valence electrons. The monoisotopic (exact) mass is 299 g/mol. The zero-order valence-electron chi connectivity index (χ0n) is 11.9. The highest BCUT2D eigenvalue weighted by Gasteiger charge is 2.20. The number of hydrogen-bond acceptors (Lipinski definition) is 3. The SMILES string of the molecule is CCc1ccc(N(CCCC(=O)O)S(=O)(=O)CC)cc1. The number of sulfonamides is 1. The van der Waals surface area contributed by atoms with Crippen LogP contribution in [0.1, 0.15) is 32.3 Å². The van der Waals surface area contributed by atoms with Crippen LogP contribution < -0.4 is 4.31 Å². The molecule has 1 aromatic rings. The summed E-state index contributed by atoms with van der Waals surface area (Å²) in [6.45, 7) is 3.80. The van der Waals surface area contributed by atoms with Gasteiger partial charge in [-0.2, -0.15) is 0 Å². The number of aryl methyl sites for hydroxylation is 1. The molecule has 0 unspecified atom stereocenters. The number of nitrogens with zero attached hydrogens (tertiary/aromatic N) is 1. The molecule has 1 aromatic carbocycles. The van der Waals surface area contributed by atoms with Crippen molar-refractivity contribution < 1.29 is 18.3 Å². The standard InChI is InChI=1S/C14H21NO4S/c1-3-12-7-9-13(10-8-12)15(20(18,19)4-2)11-5-6-14(16)17/h7-10H,3-6,11H2,1-2H3,(H,16,17). The summed E-state index contributed by atoms with van der Waals surface area (Å²) in [5.74, 6) is -0.921. The Bertz CT molecular complexity index is 537. The molecule has 20 heavy (non-hydrogen) atoms. The maximum Gasteiger partial charge on any atom is 0.303 e. The Labute approximate surface area is 120 Å². The lowest BCUT2D eigenvalue weighted by Crippen LogP contribution is -2.33. The van der Waals surface area contributed by atoms with Gasteiger partial charge in [0, 0.05) is 13.0 Å². The van der Waals surface area contributed by atoms with E-state index in [0.29, 0.717) is 12.1 Å². The van der Waals surface area contributed by atoms with Gasteiger partial charge in [0.15, 0.2) is 0 Å². The third-order valence-corrected chi connectivity index (χ3v) is 4.88. The van der Waals surface area contributed by atoms with E-state index in [1.807, 2.05) is 19.1 Å². The van der Waals surface area contributed by atoms with Crippen LogP contribution in [-0.4, -0.2) is 31.8 Å². The Morgan fingerprint density at radius 3 is 2.25 bits per heavy atom. The van der Waals surface area contributed by atoms with Crippen molar-refractivity contribution in [2.24, 2.45) is 0 Å². The van der Waals surface area contributed by atoms with E-state index in [9.17, 15) is 13.2 Å². The Balaban J connectivity index is 2.94. The number of carboxylic acid groups (broad SMARTS) is 1. The molecule has 0 bridgehead atoms. The molecule has 6 heteroatoms. The minimum atomic E-state index is -3.39. The molecule has 0 aliphatic heterocycles. The molecule has 5 nitrogen and oxygen atoms in total. The molecular formula is C14H21NO4S. The summed E-state index contributed by atoms with van der Waals surface area (Å²) < 4.78 is 25.5. The maximum atomic E-state index is 12.1. The molecule has 1 N–H and O–H groups in total. The zero-order valence-corrected chi connectivity index (χ0v) is 12.7. The molecular weight excluding hydrogens is 278 g/mol. The Morgan fingerprint density at radius 1 is 1.20 bits per heavy atom. The number of hydrogen-bond donors (Lipinski definition) is 1. The summed E-state index contributed by atoms with van der Waals surface area (Å²) in [5.41, 5.74) is 1.72. The second-order valence-corrected chi connectivity index (χ2v) is 6.67. The van der Waals surface area contributed by atoms with Gasteiger partial charge in [0.05, 0.1) is 11.4 Å². The first-order valence-electron chi connectivity index (χ1n) is 6.71. The Morgan fingerprint density at radius 2 is 1.80 bits per heavy atom. The number of benzene rings is 1. The average Bonchev–Trinajstić information content (AvgIpc) is 2.43. The predicted octanol–water partition coefficient (Wildman–Crippen LogP) is 2.27. The zero-order chi connectivity index (χ0) is 15.2. The van der Waals surface area contributed by atoms with Gasteiger partial charge < -0.3 is 5.11 Å². The fourth-order valence-electron chi connectivity index (χ4n) is 1.86. The van der Waals surface area contributed by atoms with Gasteiger partial charge in [0.25, 0.3) is 0 Å². The lowest BCUT2D eigenvalue weighted by Gasteiger charge is -2.23. The number of rotatable bonds is 8. The molecule has 0 saturated heterocycles. The molecule has 0 aliphatic carbocycles. The van der Waals surface area contributed by atoms with Gasteiger partial charge in [0.1, 0.15) is 0 Å². The van der Waals surface area contributed by atoms with Crippen molar-refractivity contribution in [3.8, 4) is 0 Å². The minimum Gasteiger partial charge on any atom is -0.481 e. The first-order chi connectivity index (χ1) is 9.40. The lowest BCUT2D eigenvalue weighted by atomic mass is 10.1. The summed E-state index contributed by atoms with van der Waals surface area (Å²) in [6, 6.07) is 7.33. The van der Waals surface area contributed by atoms with Gasteiger partial charge in [-0.1, -0.05) is 19.1 Å². The quantitative estimate of drug-likeness (QED) is 0.799. The van der Waals surface area contributed by atoms with Crippen LogP contribution in [0.5, 0.6) is 0 Å². The van der Waals surface area contributed by atoms with Crippen LogP contribution in [0.15, 0.2) is 24.3 Å². The van der Waals surface area contributed by atoms with E-state index in [1.165, 1.54) is 4.31 Å². The van der Waals surface area contributed by atoms with Crippen LogP contribution in [0, 0.1) is 0 Å². The molecule has 0 aromatic heterocycles. The van der Waals surface area contributed by atoms with E-state index >= 15 is 0 Å². The molecule has 0 amide bonds. The largest absolute Gasteiger partial charge is 0.481 e. The topological polar surface area (TPSA) is 74.7 Å². The normalized spacial score (nSPS) is 11.3. The van der Waals surface area contributed by atoms with Crippen LogP contribution >= 0.6 is 0 Å². The number of aliphatic carboxylic acids is 1. The Hall–Kier alpha value is -1.56. The fraction of sp³-hybridized carbons (Fsp3) is 0.500. The minimum absolute atomic E-state index is 0.00436. The molecule has 0 aliphatic rings. The second-order valence-electron chi connectivity index (χ2n) is 4.49. The van der Waals surface area contributed by atoms with Gasteiger partial charge in [-0.25, -0.2) is 8.42 Å². The second kappa shape index (κ2) is 7.28. The predicted molar refractivity (Wildman–Crippen MR) is 79.5 cm³/mol. The van der Waals surface area contributed by atoms with E-state index in [2.05, 4.69) is 0 Å². The summed E-state index contributed by atoms with van der Waals surface area (Å²) in [7, 11) is -3.39. The first-order valence-corrected chi connectivity index (χ1v) is 8.32. The van der Waals surface area contributed by atoms with Gasteiger partial charge in [-0.3, -0.25) is 9.10 Å². The summed E-state index contributed by atoms with van der Waals surface area (Å²) in [6.07, 6.45) is 1.15. The third kappa shape index (κ3) is 4.52. The highest BCUT2D eigenvalue weighted by Crippen LogP contribution is 2.20. The first kappa shape index (κ1) is 16.5. The van der Waals surface area contributed by atoms with E-state index < -0.39 is 16.0 Å². The lowest BCUT2D eigenvalue weighted by molar-refractivity contribution is -0.137. The van der Waals surface area contributed by atoms with E-state index in [1.54, 1.807) is 19.1 Å². The molecule has 0 saturated carbocycles. The van der Waals surface area contributed by atoms with Gasteiger partial charge in [-0.15, -0.1) is 0 Å². The molecule has 0 atom stereocenters. The highest BCUT2D eigenvalue weighted by molar-refractivity contribution is 7.92. The summed E-state index contributed by atoms with van der Waals surface area (Å²) >= 11 is 0. The Kier molecular flexibility index (Phi) is 6.01. The number of carbonyl (C=O) groups is 1. The van der Waals surface area contributed by atoms with Gasteiger partial charge >= 0.3 is 5.97 Å². The van der Waals surface area contributed by atoms with Crippen LogP contribution in [0.2, 0.25) is 0 Å². The van der Waals surface area contributed by atoms with E-state index in [0.717, 1.165) is 12.0 Å². The molecule has 0 radical (unpaired) electrons. The van der Waals surface area contributed by atoms with Crippen LogP contribution in [0.3, 0.4) is 0 Å². The van der Waals surface area contributed by atoms with Crippen molar-refractivity contribution in [2.75, 3.05) is 16.6 Å². The molecule has 1 rings (SSSR count). The van der Waals surface area contributed by atoms with Crippen molar-refractivity contribution in [1.82, 2.24) is 0 Å². The van der Waals surface area contributed by atoms with Crippen molar-refractivity contribution in [3.63, 3.8) is 0 Å². The number of anilines is 1. The summed E-state index contributed by atoms with van der Waals surface area (Å²) in [4.78, 5) is 10.6. The molecule has 0 fully saturated rings. The van der Waals surface area contributed by atoms with Crippen molar-refractivity contribution in [2.45, 2.75) is 33.1 Å². The van der Waals surface area contributed by atoms with Crippen LogP contribution in [0.4, 0.5) is 5.69 Å². The molecule has 0 heterocycles. The highest BCUT2D eigenvalue weighted by atomic mass is 32.2. The van der Waals surface area contributed by atoms with Crippen molar-refractivity contribution >= 4 is 21.7 Å². The van der Waals surface area contributed by atoms with E-state index in [-0.39, 0.29) is 18.7 Å². The third-order valence-electron chi connectivity index (χ3n) is 3.09. The maximum absolute atomic E-state index is 12.1. The smallest absolute Gasteiger partial charge is 0.303 e. The number of carboxylic acids is 1. The van der Waals surface area contributed by atoms with Crippen LogP contribution in [-0.2, 0) is 21.2 Å².